The summed E-state index contributed by atoms with van der Waals surface area (Å²) in [5, 5.41) is 6.57. The lowest BCUT2D eigenvalue weighted by atomic mass is 9.72. The lowest BCUT2D eigenvalue weighted by molar-refractivity contribution is -0.0378. The normalized spacial score (nSPS) is 29.6. The lowest BCUT2D eigenvalue weighted by Crippen LogP contribution is -2.69. The van der Waals surface area contributed by atoms with Crippen molar-refractivity contribution in [1.29, 1.82) is 0 Å². The summed E-state index contributed by atoms with van der Waals surface area (Å²) in [5.41, 5.74) is 0.835. The molecule has 3 nitrogen and oxygen atoms in total. The van der Waals surface area contributed by atoms with Gasteiger partial charge in [-0.3, -0.25) is 9.69 Å². The van der Waals surface area contributed by atoms with Crippen LogP contribution in [0.4, 0.5) is 0 Å². The van der Waals surface area contributed by atoms with Crippen molar-refractivity contribution >= 4 is 27.3 Å². The molecule has 1 amide bonds. The van der Waals surface area contributed by atoms with Gasteiger partial charge in [0.25, 0.3) is 5.91 Å². The van der Waals surface area contributed by atoms with Gasteiger partial charge in [-0.05, 0) is 80.7 Å². The molecule has 3 aliphatic heterocycles. The van der Waals surface area contributed by atoms with Crippen LogP contribution in [-0.2, 0) is 0 Å². The molecule has 0 aliphatic carbocycles. The molecule has 0 saturated carbocycles. The summed E-state index contributed by atoms with van der Waals surface area (Å²) in [5.74, 6) is 0.689. The smallest absolute Gasteiger partial charge is 0.251 e. The Kier molecular flexibility index (Phi) is 3.27. The van der Waals surface area contributed by atoms with Gasteiger partial charge in [0.1, 0.15) is 0 Å². The molecule has 4 heteroatoms. The number of fused-ring (bicyclic) bond motifs is 4. The highest BCUT2D eigenvalue weighted by atomic mass is 32.1. The average Bonchev–Trinajstić information content (AvgIpc) is 2.98. The molecular formula is C18H22N2OS. The quantitative estimate of drug-likeness (QED) is 0.920. The molecule has 1 aromatic carbocycles. The van der Waals surface area contributed by atoms with Gasteiger partial charge >= 0.3 is 0 Å². The molecule has 5 rings (SSSR count). The van der Waals surface area contributed by atoms with Crippen LogP contribution in [0.5, 0.6) is 0 Å². The van der Waals surface area contributed by atoms with E-state index in [1.165, 1.54) is 30.6 Å². The first-order valence-corrected chi connectivity index (χ1v) is 8.97. The van der Waals surface area contributed by atoms with E-state index in [0.717, 1.165) is 10.9 Å². The summed E-state index contributed by atoms with van der Waals surface area (Å²) in [6, 6.07) is 8.34. The number of nitrogens with zero attached hydrogens (tertiary/aromatic N) is 1. The SMILES string of the molecule is CC1(C)[C@H](NC(=O)c2ccc3sccc3c2)C2CCN1CC2. The summed E-state index contributed by atoms with van der Waals surface area (Å²) < 4.78 is 1.24. The summed E-state index contributed by atoms with van der Waals surface area (Å²) in [7, 11) is 0. The molecule has 2 bridgehead atoms. The van der Waals surface area contributed by atoms with Crippen molar-refractivity contribution < 1.29 is 4.79 Å². The molecule has 3 fully saturated rings. The fourth-order valence-electron chi connectivity index (χ4n) is 4.21. The number of thiophene rings is 1. The van der Waals surface area contributed by atoms with Crippen LogP contribution in [0, 0.1) is 5.92 Å². The van der Waals surface area contributed by atoms with E-state index in [-0.39, 0.29) is 17.5 Å². The second kappa shape index (κ2) is 5.07. The van der Waals surface area contributed by atoms with Gasteiger partial charge < -0.3 is 5.32 Å². The third-order valence-corrected chi connectivity index (χ3v) is 6.49. The second-order valence-electron chi connectivity index (χ2n) is 7.10. The number of carbonyl (C=O) groups is 1. The number of piperidine rings is 3. The summed E-state index contributed by atoms with van der Waals surface area (Å²) in [6.45, 7) is 6.88. The standard InChI is InChI=1S/C18H22N2OS/c1-18(2)16(12-5-8-20(18)9-6-12)19-17(21)14-3-4-15-13(11-14)7-10-22-15/h3-4,7,10-12,16H,5-6,8-9H2,1-2H3,(H,19,21)/t16-/m1/s1. The van der Waals surface area contributed by atoms with Gasteiger partial charge in [-0.25, -0.2) is 0 Å². The van der Waals surface area contributed by atoms with E-state index in [0.29, 0.717) is 5.92 Å². The maximum atomic E-state index is 12.7. The van der Waals surface area contributed by atoms with Crippen molar-refractivity contribution in [3.63, 3.8) is 0 Å². The van der Waals surface area contributed by atoms with E-state index in [9.17, 15) is 4.79 Å². The minimum Gasteiger partial charge on any atom is -0.347 e. The molecule has 1 aromatic heterocycles. The number of hydrogen-bond acceptors (Lipinski definition) is 3. The van der Waals surface area contributed by atoms with Crippen molar-refractivity contribution in [1.82, 2.24) is 10.2 Å². The largest absolute Gasteiger partial charge is 0.347 e. The third-order valence-electron chi connectivity index (χ3n) is 5.59. The molecule has 0 spiro atoms. The van der Waals surface area contributed by atoms with Crippen molar-refractivity contribution in [2.24, 2.45) is 5.92 Å². The first-order chi connectivity index (χ1) is 10.6. The van der Waals surface area contributed by atoms with Crippen LogP contribution < -0.4 is 5.32 Å². The maximum absolute atomic E-state index is 12.7. The van der Waals surface area contributed by atoms with E-state index in [4.69, 9.17) is 0 Å². The van der Waals surface area contributed by atoms with Gasteiger partial charge in [0.05, 0.1) is 0 Å². The Bertz CT molecular complexity index is 713. The second-order valence-corrected chi connectivity index (χ2v) is 8.05. The third kappa shape index (κ3) is 2.17. The van der Waals surface area contributed by atoms with Gasteiger partial charge in [-0.1, -0.05) is 0 Å². The lowest BCUT2D eigenvalue weighted by Gasteiger charge is -2.56. The molecular weight excluding hydrogens is 292 g/mol. The molecule has 3 saturated heterocycles. The van der Waals surface area contributed by atoms with E-state index in [2.05, 4.69) is 41.6 Å². The number of carbonyl (C=O) groups excluding carboxylic acids is 1. The molecule has 1 atom stereocenters. The molecule has 4 heterocycles. The van der Waals surface area contributed by atoms with Gasteiger partial charge in [0.15, 0.2) is 0 Å². The summed E-state index contributed by atoms with van der Waals surface area (Å²) >= 11 is 1.71. The summed E-state index contributed by atoms with van der Waals surface area (Å²) in [6.07, 6.45) is 2.41. The monoisotopic (exact) mass is 314 g/mol. The number of amides is 1. The van der Waals surface area contributed by atoms with Gasteiger partial charge in [-0.15, -0.1) is 11.3 Å². The molecule has 22 heavy (non-hydrogen) atoms. The van der Waals surface area contributed by atoms with E-state index in [1.54, 1.807) is 11.3 Å². The van der Waals surface area contributed by atoms with Crippen molar-refractivity contribution in [3.8, 4) is 0 Å². The first-order valence-electron chi connectivity index (χ1n) is 8.09. The van der Waals surface area contributed by atoms with Crippen LogP contribution in [-0.4, -0.2) is 35.5 Å². The van der Waals surface area contributed by atoms with Gasteiger partial charge in [0.2, 0.25) is 0 Å². The fourth-order valence-corrected chi connectivity index (χ4v) is 4.98. The van der Waals surface area contributed by atoms with Crippen LogP contribution in [0.15, 0.2) is 29.6 Å². The number of hydrogen-bond donors (Lipinski definition) is 1. The highest BCUT2D eigenvalue weighted by Gasteiger charge is 2.48. The zero-order valence-corrected chi connectivity index (χ0v) is 14.0. The van der Waals surface area contributed by atoms with Crippen LogP contribution in [0.1, 0.15) is 37.0 Å². The average molecular weight is 314 g/mol. The predicted octanol–water partition coefficient (Wildman–Crippen LogP) is 3.50. The molecule has 116 valence electrons. The van der Waals surface area contributed by atoms with Crippen LogP contribution in [0.3, 0.4) is 0 Å². The van der Waals surface area contributed by atoms with Gasteiger partial charge in [0, 0.05) is 21.8 Å². The van der Waals surface area contributed by atoms with E-state index >= 15 is 0 Å². The molecule has 3 aliphatic rings. The molecule has 2 aromatic rings. The van der Waals surface area contributed by atoms with Crippen molar-refractivity contribution in [3.05, 3.63) is 35.2 Å². The summed E-state index contributed by atoms with van der Waals surface area (Å²) in [4.78, 5) is 15.2. The number of benzene rings is 1. The Morgan fingerprint density at radius 3 is 2.77 bits per heavy atom. The zero-order chi connectivity index (χ0) is 15.3. The highest BCUT2D eigenvalue weighted by Crippen LogP contribution is 2.39. The Morgan fingerprint density at radius 1 is 1.27 bits per heavy atom. The minimum absolute atomic E-state index is 0.0588. The Hall–Kier alpha value is -1.39. The van der Waals surface area contributed by atoms with Crippen LogP contribution in [0.25, 0.3) is 10.1 Å². The molecule has 0 radical (unpaired) electrons. The van der Waals surface area contributed by atoms with Crippen molar-refractivity contribution in [2.75, 3.05) is 13.1 Å². The topological polar surface area (TPSA) is 32.3 Å². The van der Waals surface area contributed by atoms with E-state index < -0.39 is 0 Å². The van der Waals surface area contributed by atoms with E-state index in [1.807, 2.05) is 12.1 Å². The number of nitrogens with one attached hydrogen (secondary N) is 1. The number of rotatable bonds is 2. The highest BCUT2D eigenvalue weighted by molar-refractivity contribution is 7.17. The maximum Gasteiger partial charge on any atom is 0.251 e. The Morgan fingerprint density at radius 2 is 2.05 bits per heavy atom. The predicted molar refractivity (Wildman–Crippen MR) is 91.5 cm³/mol. The fraction of sp³-hybridized carbons (Fsp3) is 0.500. The molecule has 0 unspecified atom stereocenters. The van der Waals surface area contributed by atoms with Crippen LogP contribution in [0.2, 0.25) is 0 Å². The molecule has 1 N–H and O–H groups in total. The first kappa shape index (κ1) is 14.2. The van der Waals surface area contributed by atoms with Gasteiger partial charge in [-0.2, -0.15) is 0 Å². The zero-order valence-electron chi connectivity index (χ0n) is 13.1. The Labute approximate surface area is 135 Å². The minimum atomic E-state index is 0.0588. The van der Waals surface area contributed by atoms with Crippen molar-refractivity contribution in [2.45, 2.75) is 38.3 Å². The Balaban J connectivity index is 1.58. The van der Waals surface area contributed by atoms with Crippen LogP contribution >= 0.6 is 11.3 Å².